The van der Waals surface area contributed by atoms with E-state index in [0.717, 1.165) is 15.9 Å². The molecule has 0 atom stereocenters. The SMILES string of the molecule is Cc1cc(C)n(CC(=O)Nc2cc(Br)ccn2)n1. The number of hydrogen-bond donors (Lipinski definition) is 1. The Balaban J connectivity index is 2.03. The zero-order chi connectivity index (χ0) is 13.1. The van der Waals surface area contributed by atoms with Crippen molar-refractivity contribution in [1.82, 2.24) is 14.8 Å². The predicted molar refractivity (Wildman–Crippen MR) is 72.3 cm³/mol. The van der Waals surface area contributed by atoms with E-state index in [1.165, 1.54) is 0 Å². The van der Waals surface area contributed by atoms with Crippen molar-refractivity contribution < 1.29 is 4.79 Å². The molecule has 0 saturated heterocycles. The summed E-state index contributed by atoms with van der Waals surface area (Å²) in [7, 11) is 0. The lowest BCUT2D eigenvalue weighted by Crippen LogP contribution is -2.20. The highest BCUT2D eigenvalue weighted by atomic mass is 79.9. The molecule has 0 saturated carbocycles. The minimum absolute atomic E-state index is 0.146. The highest BCUT2D eigenvalue weighted by molar-refractivity contribution is 9.10. The van der Waals surface area contributed by atoms with E-state index in [1.54, 1.807) is 23.0 Å². The zero-order valence-electron chi connectivity index (χ0n) is 10.1. The van der Waals surface area contributed by atoms with Gasteiger partial charge in [0.1, 0.15) is 12.4 Å². The van der Waals surface area contributed by atoms with Crippen LogP contribution < -0.4 is 5.32 Å². The van der Waals surface area contributed by atoms with Crippen LogP contribution in [0.4, 0.5) is 5.82 Å². The Bertz CT molecular complexity index is 579. The molecule has 0 aliphatic heterocycles. The van der Waals surface area contributed by atoms with Crippen LogP contribution in [-0.2, 0) is 11.3 Å². The Labute approximate surface area is 113 Å². The van der Waals surface area contributed by atoms with Crippen LogP contribution in [0.15, 0.2) is 28.9 Å². The van der Waals surface area contributed by atoms with E-state index in [9.17, 15) is 4.79 Å². The lowest BCUT2D eigenvalue weighted by Gasteiger charge is -2.06. The maximum atomic E-state index is 11.8. The number of rotatable bonds is 3. The van der Waals surface area contributed by atoms with E-state index < -0.39 is 0 Å². The normalized spacial score (nSPS) is 10.4. The molecule has 6 heteroatoms. The van der Waals surface area contributed by atoms with Crippen molar-refractivity contribution in [2.45, 2.75) is 20.4 Å². The van der Waals surface area contributed by atoms with Gasteiger partial charge in [0.2, 0.25) is 5.91 Å². The number of carbonyl (C=O) groups excluding carboxylic acids is 1. The van der Waals surface area contributed by atoms with E-state index in [4.69, 9.17) is 0 Å². The van der Waals surface area contributed by atoms with Gasteiger partial charge < -0.3 is 5.32 Å². The number of pyridine rings is 1. The van der Waals surface area contributed by atoms with Crippen LogP contribution in [0.3, 0.4) is 0 Å². The molecule has 94 valence electrons. The number of amides is 1. The summed E-state index contributed by atoms with van der Waals surface area (Å²) < 4.78 is 2.54. The molecule has 1 amide bonds. The Hall–Kier alpha value is -1.69. The second-order valence-electron chi connectivity index (χ2n) is 3.99. The summed E-state index contributed by atoms with van der Waals surface area (Å²) in [6.07, 6.45) is 1.63. The third kappa shape index (κ3) is 3.16. The molecule has 18 heavy (non-hydrogen) atoms. The number of halogens is 1. The molecule has 0 unspecified atom stereocenters. The number of hydrogen-bond acceptors (Lipinski definition) is 3. The van der Waals surface area contributed by atoms with Gasteiger partial charge in [-0.15, -0.1) is 0 Å². The summed E-state index contributed by atoms with van der Waals surface area (Å²) in [5.74, 6) is 0.378. The lowest BCUT2D eigenvalue weighted by atomic mass is 10.4. The van der Waals surface area contributed by atoms with Crippen LogP contribution in [0, 0.1) is 13.8 Å². The molecule has 5 nitrogen and oxygen atoms in total. The van der Waals surface area contributed by atoms with Gasteiger partial charge in [-0.25, -0.2) is 4.98 Å². The molecule has 0 aliphatic rings. The van der Waals surface area contributed by atoms with Gasteiger partial charge in [0.05, 0.1) is 5.69 Å². The summed E-state index contributed by atoms with van der Waals surface area (Å²) in [4.78, 5) is 15.9. The highest BCUT2D eigenvalue weighted by Crippen LogP contribution is 2.12. The number of aryl methyl sites for hydroxylation is 2. The molecule has 2 rings (SSSR count). The molecule has 0 spiro atoms. The second-order valence-corrected chi connectivity index (χ2v) is 4.91. The minimum Gasteiger partial charge on any atom is -0.309 e. The lowest BCUT2D eigenvalue weighted by molar-refractivity contribution is -0.117. The van der Waals surface area contributed by atoms with E-state index >= 15 is 0 Å². The van der Waals surface area contributed by atoms with Crippen LogP contribution in [0.1, 0.15) is 11.4 Å². The fourth-order valence-electron chi connectivity index (χ4n) is 1.63. The largest absolute Gasteiger partial charge is 0.309 e. The van der Waals surface area contributed by atoms with Crippen LogP contribution in [0.5, 0.6) is 0 Å². The van der Waals surface area contributed by atoms with Crippen LogP contribution in [-0.4, -0.2) is 20.7 Å². The Morgan fingerprint density at radius 3 is 2.83 bits per heavy atom. The molecular formula is C12H13BrN4O. The quantitative estimate of drug-likeness (QED) is 0.946. The van der Waals surface area contributed by atoms with Crippen LogP contribution in [0.25, 0.3) is 0 Å². The van der Waals surface area contributed by atoms with E-state index in [0.29, 0.717) is 5.82 Å². The van der Waals surface area contributed by atoms with E-state index in [2.05, 4.69) is 31.3 Å². The molecule has 2 aromatic rings. The van der Waals surface area contributed by atoms with Gasteiger partial charge in [-0.2, -0.15) is 5.10 Å². The first-order valence-corrected chi connectivity index (χ1v) is 6.26. The van der Waals surface area contributed by atoms with Crippen molar-refractivity contribution in [3.05, 3.63) is 40.3 Å². The maximum absolute atomic E-state index is 11.8. The van der Waals surface area contributed by atoms with Crippen LogP contribution in [0.2, 0.25) is 0 Å². The summed E-state index contributed by atoms with van der Waals surface area (Å²) >= 11 is 3.32. The number of nitrogens with one attached hydrogen (secondary N) is 1. The van der Waals surface area contributed by atoms with Crippen molar-refractivity contribution in [2.24, 2.45) is 0 Å². The van der Waals surface area contributed by atoms with Crippen molar-refractivity contribution in [2.75, 3.05) is 5.32 Å². The zero-order valence-corrected chi connectivity index (χ0v) is 11.7. The molecule has 0 radical (unpaired) electrons. The van der Waals surface area contributed by atoms with Gasteiger partial charge in [0.25, 0.3) is 0 Å². The first kappa shape index (κ1) is 12.8. The van der Waals surface area contributed by atoms with Crippen molar-refractivity contribution in [3.8, 4) is 0 Å². The van der Waals surface area contributed by atoms with Gasteiger partial charge in [0, 0.05) is 16.4 Å². The third-order valence-electron chi connectivity index (χ3n) is 2.39. The Morgan fingerprint density at radius 2 is 2.22 bits per heavy atom. The second kappa shape index (κ2) is 5.30. The molecule has 0 aliphatic carbocycles. The predicted octanol–water partition coefficient (Wildman–Crippen LogP) is 2.30. The molecule has 0 bridgehead atoms. The molecular weight excluding hydrogens is 296 g/mol. The Kier molecular flexibility index (Phi) is 3.76. The number of nitrogens with zero attached hydrogens (tertiary/aromatic N) is 3. The number of anilines is 1. The van der Waals surface area contributed by atoms with Gasteiger partial charge in [0.15, 0.2) is 0 Å². The van der Waals surface area contributed by atoms with E-state index in [-0.39, 0.29) is 12.5 Å². The topological polar surface area (TPSA) is 59.8 Å². The molecule has 2 aromatic heterocycles. The average molecular weight is 309 g/mol. The molecule has 1 N–H and O–H groups in total. The summed E-state index contributed by atoms with van der Waals surface area (Å²) in [5.41, 5.74) is 1.87. The minimum atomic E-state index is -0.146. The van der Waals surface area contributed by atoms with E-state index in [1.807, 2.05) is 19.9 Å². The smallest absolute Gasteiger partial charge is 0.247 e. The summed E-state index contributed by atoms with van der Waals surface area (Å²) in [6, 6.07) is 5.49. The van der Waals surface area contributed by atoms with Gasteiger partial charge >= 0.3 is 0 Å². The maximum Gasteiger partial charge on any atom is 0.247 e. The average Bonchev–Trinajstić information content (AvgIpc) is 2.57. The highest BCUT2D eigenvalue weighted by Gasteiger charge is 2.08. The summed E-state index contributed by atoms with van der Waals surface area (Å²) in [5, 5.41) is 6.96. The van der Waals surface area contributed by atoms with Gasteiger partial charge in [-0.3, -0.25) is 9.48 Å². The summed E-state index contributed by atoms with van der Waals surface area (Å²) in [6.45, 7) is 4.01. The molecule has 2 heterocycles. The van der Waals surface area contributed by atoms with Gasteiger partial charge in [-0.05, 0) is 32.0 Å². The van der Waals surface area contributed by atoms with Crippen molar-refractivity contribution in [1.29, 1.82) is 0 Å². The van der Waals surface area contributed by atoms with Crippen molar-refractivity contribution >= 4 is 27.7 Å². The third-order valence-corrected chi connectivity index (χ3v) is 2.88. The molecule has 0 fully saturated rings. The monoisotopic (exact) mass is 308 g/mol. The number of carbonyl (C=O) groups is 1. The fourth-order valence-corrected chi connectivity index (χ4v) is 1.96. The first-order valence-electron chi connectivity index (χ1n) is 5.47. The fraction of sp³-hybridized carbons (Fsp3) is 0.250. The standard InChI is InChI=1S/C12H13BrN4O/c1-8-5-9(2)17(16-8)7-12(18)15-11-6-10(13)3-4-14-11/h3-6H,7H2,1-2H3,(H,14,15,18). The number of aromatic nitrogens is 3. The first-order chi connectivity index (χ1) is 8.54. The van der Waals surface area contributed by atoms with Crippen LogP contribution >= 0.6 is 15.9 Å². The Morgan fingerprint density at radius 1 is 1.44 bits per heavy atom. The van der Waals surface area contributed by atoms with Crippen molar-refractivity contribution in [3.63, 3.8) is 0 Å². The van der Waals surface area contributed by atoms with Gasteiger partial charge in [-0.1, -0.05) is 15.9 Å². The molecule has 0 aromatic carbocycles.